The lowest BCUT2D eigenvalue weighted by Gasteiger charge is -2.08. The van der Waals surface area contributed by atoms with E-state index in [1.807, 2.05) is 6.07 Å². The number of nitriles is 1. The van der Waals surface area contributed by atoms with Gasteiger partial charge in [-0.3, -0.25) is 0 Å². The maximum absolute atomic E-state index is 13.5. The second-order valence-electron chi connectivity index (χ2n) is 5.77. The van der Waals surface area contributed by atoms with Gasteiger partial charge in [0, 0.05) is 5.39 Å². The molecular weight excluding hydrogens is 395 g/mol. The quantitative estimate of drug-likeness (QED) is 0.460. The van der Waals surface area contributed by atoms with E-state index in [1.165, 1.54) is 41.0 Å². The van der Waals surface area contributed by atoms with Gasteiger partial charge in [0.15, 0.2) is 0 Å². The molecule has 0 N–H and O–H groups in total. The number of benzene rings is 1. The zero-order valence-electron chi connectivity index (χ0n) is 13.9. The molecular formula is C18H9ClF3N5O. The number of fused-ring (bicyclic) bond motifs is 1. The summed E-state index contributed by atoms with van der Waals surface area (Å²) in [6.45, 7) is -0.159. The molecule has 28 heavy (non-hydrogen) atoms. The Bertz CT molecular complexity index is 1230. The van der Waals surface area contributed by atoms with Crippen molar-refractivity contribution in [1.29, 1.82) is 5.26 Å². The van der Waals surface area contributed by atoms with Crippen molar-refractivity contribution in [2.75, 3.05) is 0 Å². The van der Waals surface area contributed by atoms with E-state index in [-0.39, 0.29) is 40.3 Å². The summed E-state index contributed by atoms with van der Waals surface area (Å²) in [5.41, 5.74) is 0.398. The molecule has 0 aliphatic carbocycles. The van der Waals surface area contributed by atoms with Gasteiger partial charge in [-0.05, 0) is 30.3 Å². The van der Waals surface area contributed by atoms with Gasteiger partial charge in [-0.15, -0.1) is 10.2 Å². The minimum atomic E-state index is -2.79. The van der Waals surface area contributed by atoms with E-state index < -0.39 is 12.4 Å². The molecule has 0 radical (unpaired) electrons. The number of hydrogen-bond donors (Lipinski definition) is 0. The molecule has 4 rings (SSSR count). The Balaban J connectivity index is 1.77. The van der Waals surface area contributed by atoms with Crippen molar-refractivity contribution in [2.24, 2.45) is 0 Å². The van der Waals surface area contributed by atoms with Crippen molar-refractivity contribution in [3.63, 3.8) is 0 Å². The van der Waals surface area contributed by atoms with Gasteiger partial charge < -0.3 is 8.98 Å². The van der Waals surface area contributed by atoms with Crippen LogP contribution in [-0.4, -0.2) is 19.7 Å². The van der Waals surface area contributed by atoms with Gasteiger partial charge in [0.2, 0.25) is 11.8 Å². The van der Waals surface area contributed by atoms with Crippen molar-refractivity contribution in [2.45, 2.75) is 13.0 Å². The second-order valence-corrected chi connectivity index (χ2v) is 6.15. The molecule has 0 aliphatic heterocycles. The third kappa shape index (κ3) is 3.08. The van der Waals surface area contributed by atoms with E-state index in [4.69, 9.17) is 21.3 Å². The van der Waals surface area contributed by atoms with Crippen LogP contribution in [0.5, 0.6) is 0 Å². The summed E-state index contributed by atoms with van der Waals surface area (Å²) in [6, 6.07) is 10.2. The Morgan fingerprint density at radius 1 is 1.21 bits per heavy atom. The molecule has 0 aliphatic rings. The molecule has 0 unspecified atom stereocenters. The van der Waals surface area contributed by atoms with E-state index in [9.17, 15) is 13.2 Å². The first kappa shape index (κ1) is 18.0. The van der Waals surface area contributed by atoms with E-state index in [2.05, 4.69) is 15.2 Å². The normalized spacial score (nSPS) is 11.3. The maximum atomic E-state index is 13.5. The lowest BCUT2D eigenvalue weighted by molar-refractivity contribution is 0.141. The first-order valence-corrected chi connectivity index (χ1v) is 8.31. The van der Waals surface area contributed by atoms with Gasteiger partial charge in [0.25, 0.3) is 12.3 Å². The van der Waals surface area contributed by atoms with Gasteiger partial charge >= 0.3 is 0 Å². The van der Waals surface area contributed by atoms with Crippen LogP contribution < -0.4 is 0 Å². The number of nitrogens with zero attached hydrogens (tertiary/aromatic N) is 5. The van der Waals surface area contributed by atoms with Crippen LogP contribution in [-0.2, 0) is 6.54 Å². The number of hydrogen-bond acceptors (Lipinski definition) is 5. The molecule has 0 bridgehead atoms. The van der Waals surface area contributed by atoms with Crippen molar-refractivity contribution >= 4 is 22.5 Å². The SMILES string of the molecule is N#Cc1ccc2c(cc(C(F)F)n2Cc2nnc(-c3cccc(F)n3)o2)c1Cl. The maximum Gasteiger partial charge on any atom is 0.278 e. The van der Waals surface area contributed by atoms with Crippen LogP contribution in [0.15, 0.2) is 40.8 Å². The van der Waals surface area contributed by atoms with Crippen LogP contribution in [0.25, 0.3) is 22.5 Å². The number of rotatable bonds is 4. The Kier molecular flexibility index (Phi) is 4.49. The molecule has 0 spiro atoms. The van der Waals surface area contributed by atoms with Gasteiger partial charge in [0.1, 0.15) is 18.3 Å². The number of aromatic nitrogens is 4. The van der Waals surface area contributed by atoms with E-state index in [1.54, 1.807) is 0 Å². The highest BCUT2D eigenvalue weighted by atomic mass is 35.5. The van der Waals surface area contributed by atoms with Crippen molar-refractivity contribution in [3.8, 4) is 17.7 Å². The summed E-state index contributed by atoms with van der Waals surface area (Å²) in [7, 11) is 0. The fourth-order valence-corrected chi connectivity index (χ4v) is 3.10. The van der Waals surface area contributed by atoms with Gasteiger partial charge in [-0.1, -0.05) is 17.7 Å². The summed E-state index contributed by atoms with van der Waals surface area (Å²) in [5.74, 6) is -0.716. The summed E-state index contributed by atoms with van der Waals surface area (Å²) in [6.07, 6.45) is -2.79. The van der Waals surface area contributed by atoms with Crippen LogP contribution in [0.1, 0.15) is 23.6 Å². The van der Waals surface area contributed by atoms with Crippen LogP contribution in [0.3, 0.4) is 0 Å². The Morgan fingerprint density at radius 3 is 2.75 bits per heavy atom. The molecule has 0 saturated carbocycles. The highest BCUT2D eigenvalue weighted by molar-refractivity contribution is 6.36. The molecule has 0 amide bonds. The van der Waals surface area contributed by atoms with Gasteiger partial charge in [-0.25, -0.2) is 13.8 Å². The molecule has 3 heterocycles. The highest BCUT2D eigenvalue weighted by Crippen LogP contribution is 2.34. The molecule has 0 saturated heterocycles. The first-order valence-electron chi connectivity index (χ1n) is 7.93. The topological polar surface area (TPSA) is 80.5 Å². The van der Waals surface area contributed by atoms with E-state index in [0.717, 1.165) is 0 Å². The Hall–Kier alpha value is -3.38. The number of halogens is 4. The molecule has 4 aromatic rings. The molecule has 10 heteroatoms. The zero-order valence-corrected chi connectivity index (χ0v) is 14.7. The lowest BCUT2D eigenvalue weighted by Crippen LogP contribution is -2.05. The predicted octanol–water partition coefficient (Wildman–Crippen LogP) is 4.74. The molecule has 140 valence electrons. The number of alkyl halides is 2. The summed E-state index contributed by atoms with van der Waals surface area (Å²) in [4.78, 5) is 3.64. The Labute approximate surface area is 160 Å². The van der Waals surface area contributed by atoms with E-state index >= 15 is 0 Å². The standard InChI is InChI=1S/C18H9ClF3N5O/c19-16-9(7-23)4-5-12-10(16)6-13(17(21)22)27(12)8-15-25-26-18(28-15)11-2-1-3-14(20)24-11/h1-6,17H,8H2. The third-order valence-electron chi connectivity index (χ3n) is 4.09. The summed E-state index contributed by atoms with van der Waals surface area (Å²) in [5, 5.41) is 17.1. The van der Waals surface area contributed by atoms with Gasteiger partial charge in [0.05, 0.1) is 21.8 Å². The van der Waals surface area contributed by atoms with Crippen LogP contribution >= 0.6 is 11.6 Å². The smallest absolute Gasteiger partial charge is 0.278 e. The molecule has 3 aromatic heterocycles. The van der Waals surface area contributed by atoms with Crippen molar-refractivity contribution in [3.05, 3.63) is 64.5 Å². The largest absolute Gasteiger partial charge is 0.417 e. The van der Waals surface area contributed by atoms with Gasteiger partial charge in [-0.2, -0.15) is 9.65 Å². The minimum absolute atomic E-state index is 0.0287. The molecule has 0 atom stereocenters. The number of pyridine rings is 1. The lowest BCUT2D eigenvalue weighted by atomic mass is 10.1. The van der Waals surface area contributed by atoms with Crippen LogP contribution in [0, 0.1) is 17.3 Å². The second kappa shape index (κ2) is 6.98. The van der Waals surface area contributed by atoms with E-state index in [0.29, 0.717) is 10.9 Å². The fourth-order valence-electron chi connectivity index (χ4n) is 2.85. The van der Waals surface area contributed by atoms with Crippen molar-refractivity contribution < 1.29 is 17.6 Å². The van der Waals surface area contributed by atoms with Crippen molar-refractivity contribution in [1.82, 2.24) is 19.7 Å². The molecule has 1 aromatic carbocycles. The zero-order chi connectivity index (χ0) is 19.8. The summed E-state index contributed by atoms with van der Waals surface area (Å²) < 4.78 is 47.1. The monoisotopic (exact) mass is 403 g/mol. The van der Waals surface area contributed by atoms with Crippen LogP contribution in [0.2, 0.25) is 5.02 Å². The van der Waals surface area contributed by atoms with Crippen LogP contribution in [0.4, 0.5) is 13.2 Å². The minimum Gasteiger partial charge on any atom is -0.417 e. The average molecular weight is 404 g/mol. The summed E-state index contributed by atoms with van der Waals surface area (Å²) >= 11 is 6.16. The average Bonchev–Trinajstić information content (AvgIpc) is 3.28. The predicted molar refractivity (Wildman–Crippen MR) is 93.2 cm³/mol. The molecule has 0 fully saturated rings. The Morgan fingerprint density at radius 2 is 2.04 bits per heavy atom. The fraction of sp³-hybridized carbons (Fsp3) is 0.111. The molecule has 6 nitrogen and oxygen atoms in total. The highest BCUT2D eigenvalue weighted by Gasteiger charge is 2.21. The first-order chi connectivity index (χ1) is 13.5. The third-order valence-corrected chi connectivity index (χ3v) is 4.50.